The van der Waals surface area contributed by atoms with Crippen molar-refractivity contribution in [2.45, 2.75) is 77.2 Å². The van der Waals surface area contributed by atoms with Gasteiger partial charge in [0.1, 0.15) is 0 Å². The van der Waals surface area contributed by atoms with Gasteiger partial charge < -0.3 is 4.74 Å². The lowest BCUT2D eigenvalue weighted by molar-refractivity contribution is 0.118. The van der Waals surface area contributed by atoms with Crippen molar-refractivity contribution in [1.29, 1.82) is 0 Å². The van der Waals surface area contributed by atoms with E-state index < -0.39 is 8.07 Å². The summed E-state index contributed by atoms with van der Waals surface area (Å²) < 4.78 is 5.32. The lowest BCUT2D eigenvalue weighted by Gasteiger charge is -2.43. The molecular weight excluding hydrogens is 276 g/mol. The molecule has 0 aromatic rings. The molecule has 1 aliphatic heterocycles. The van der Waals surface area contributed by atoms with Gasteiger partial charge in [-0.25, -0.2) is 0 Å². The third-order valence-corrected chi connectivity index (χ3v) is 11.9. The van der Waals surface area contributed by atoms with Gasteiger partial charge in [-0.1, -0.05) is 47.7 Å². The Hall–Kier alpha value is -0.353. The van der Waals surface area contributed by atoms with E-state index in [0.29, 0.717) is 22.5 Å². The Labute approximate surface area is 133 Å². The van der Waals surface area contributed by atoms with Crippen LogP contribution in [0.5, 0.6) is 0 Å². The van der Waals surface area contributed by atoms with E-state index >= 15 is 0 Å². The summed E-state index contributed by atoms with van der Waals surface area (Å²) in [6.07, 6.45) is 4.71. The van der Waals surface area contributed by atoms with Gasteiger partial charge >= 0.3 is 0 Å². The molecule has 124 valence electrons. The zero-order valence-corrected chi connectivity index (χ0v) is 16.4. The maximum atomic E-state index is 5.32. The van der Waals surface area contributed by atoms with Crippen molar-refractivity contribution >= 4 is 14.3 Å². The highest BCUT2D eigenvalue weighted by atomic mass is 28.3. The molecule has 0 bridgehead atoms. The first-order chi connectivity index (χ1) is 9.61. The zero-order valence-electron chi connectivity index (χ0n) is 15.4. The van der Waals surface area contributed by atoms with Crippen molar-refractivity contribution in [3.05, 3.63) is 0 Å². The fourth-order valence-electron chi connectivity index (χ4n) is 3.18. The van der Waals surface area contributed by atoms with Crippen LogP contribution >= 0.6 is 0 Å². The second-order valence-corrected chi connectivity index (χ2v) is 14.0. The minimum Gasteiger partial charge on any atom is -0.382 e. The van der Waals surface area contributed by atoms with E-state index in [9.17, 15) is 0 Å². The molecule has 21 heavy (non-hydrogen) atoms. The summed E-state index contributed by atoms with van der Waals surface area (Å²) in [6.45, 7) is 18.8. The van der Waals surface area contributed by atoms with Crippen LogP contribution in [0.2, 0.25) is 23.7 Å². The fraction of sp³-hybridized carbons (Fsp3) is 0.941. The molecule has 0 amide bonds. The van der Waals surface area contributed by atoms with E-state index in [1.807, 2.05) is 0 Å². The Bertz CT molecular complexity index is 347. The van der Waals surface area contributed by atoms with Gasteiger partial charge in [-0.2, -0.15) is 5.10 Å². The molecular formula is C17H36N2OSi. The van der Waals surface area contributed by atoms with Gasteiger partial charge in [0.25, 0.3) is 0 Å². The third kappa shape index (κ3) is 4.56. The number of rotatable bonds is 6. The monoisotopic (exact) mass is 312 g/mol. The fourth-order valence-corrected chi connectivity index (χ4v) is 6.29. The molecule has 0 N–H and O–H groups in total. The summed E-state index contributed by atoms with van der Waals surface area (Å²) in [5.41, 5.74) is 0.612. The molecule has 0 aromatic carbocycles. The summed E-state index contributed by atoms with van der Waals surface area (Å²) in [5.74, 6) is 0.651. The standard InChI is InChI=1S/C17H36N2OSi/c1-14(2)16(21(7,8)17(3,4)5)12-18-19-11-9-10-15(19)13-20-6/h12,14-16H,9-11,13H2,1-8H3/b18-12+/t15-,16+/m0/s1. The maximum absolute atomic E-state index is 5.32. The summed E-state index contributed by atoms with van der Waals surface area (Å²) >= 11 is 0. The highest BCUT2D eigenvalue weighted by molar-refractivity contribution is 6.83. The molecule has 1 saturated heterocycles. The van der Waals surface area contributed by atoms with Crippen molar-refractivity contribution in [1.82, 2.24) is 5.01 Å². The molecule has 0 aliphatic carbocycles. The van der Waals surface area contributed by atoms with Gasteiger partial charge in [-0.05, 0) is 29.3 Å². The van der Waals surface area contributed by atoms with Crippen molar-refractivity contribution in [2.75, 3.05) is 20.3 Å². The number of ether oxygens (including phenoxy) is 1. The molecule has 4 heteroatoms. The summed E-state index contributed by atoms with van der Waals surface area (Å²) in [7, 11) is 0.367. The Balaban J connectivity index is 2.86. The topological polar surface area (TPSA) is 24.8 Å². The predicted octanol–water partition coefficient (Wildman–Crippen LogP) is 4.62. The molecule has 3 nitrogen and oxygen atoms in total. The molecule has 0 radical (unpaired) electrons. The molecule has 2 atom stereocenters. The van der Waals surface area contributed by atoms with Crippen LogP contribution in [0.3, 0.4) is 0 Å². The van der Waals surface area contributed by atoms with Crippen LogP contribution in [0.1, 0.15) is 47.5 Å². The van der Waals surface area contributed by atoms with E-state index in [1.165, 1.54) is 12.8 Å². The van der Waals surface area contributed by atoms with Crippen LogP contribution in [-0.2, 0) is 4.74 Å². The van der Waals surface area contributed by atoms with Gasteiger partial charge in [0.05, 0.1) is 20.7 Å². The van der Waals surface area contributed by atoms with E-state index in [1.54, 1.807) is 7.11 Å². The van der Waals surface area contributed by atoms with Crippen molar-refractivity contribution in [2.24, 2.45) is 11.0 Å². The number of hydrogen-bond donors (Lipinski definition) is 0. The first-order valence-electron chi connectivity index (χ1n) is 8.41. The van der Waals surface area contributed by atoms with Crippen LogP contribution < -0.4 is 0 Å². The zero-order chi connectivity index (χ0) is 16.3. The molecule has 1 heterocycles. The van der Waals surface area contributed by atoms with Gasteiger partial charge in [-0.3, -0.25) is 5.01 Å². The normalized spacial score (nSPS) is 22.5. The minimum atomic E-state index is -1.42. The maximum Gasteiger partial charge on any atom is 0.0704 e. The lowest BCUT2D eigenvalue weighted by Crippen LogP contribution is -2.45. The van der Waals surface area contributed by atoms with E-state index in [0.717, 1.165) is 13.2 Å². The third-order valence-electron chi connectivity index (χ3n) is 5.57. The van der Waals surface area contributed by atoms with Gasteiger partial charge in [0, 0.05) is 19.9 Å². The summed E-state index contributed by atoms with van der Waals surface area (Å²) in [4.78, 5) is 0. The number of hydrazone groups is 1. The molecule has 1 aliphatic rings. The Morgan fingerprint density at radius 1 is 1.33 bits per heavy atom. The van der Waals surface area contributed by atoms with Crippen molar-refractivity contribution in [3.8, 4) is 0 Å². The smallest absolute Gasteiger partial charge is 0.0704 e. The molecule has 1 rings (SSSR count). The van der Waals surface area contributed by atoms with Gasteiger partial charge in [0.15, 0.2) is 0 Å². The Kier molecular flexibility index (Phi) is 6.48. The lowest BCUT2D eigenvalue weighted by atomic mass is 10.1. The average molecular weight is 313 g/mol. The molecule has 0 unspecified atom stereocenters. The second-order valence-electron chi connectivity index (χ2n) is 8.42. The van der Waals surface area contributed by atoms with Crippen molar-refractivity contribution < 1.29 is 4.74 Å². The van der Waals surface area contributed by atoms with E-state index in [2.05, 4.69) is 58.9 Å². The second kappa shape index (κ2) is 7.27. The van der Waals surface area contributed by atoms with Crippen LogP contribution in [0, 0.1) is 5.92 Å². The highest BCUT2D eigenvalue weighted by Gasteiger charge is 2.42. The van der Waals surface area contributed by atoms with Gasteiger partial charge in [-0.15, -0.1) is 0 Å². The Morgan fingerprint density at radius 2 is 1.95 bits per heavy atom. The predicted molar refractivity (Wildman–Crippen MR) is 95.9 cm³/mol. The number of hydrogen-bond acceptors (Lipinski definition) is 3. The van der Waals surface area contributed by atoms with E-state index in [4.69, 9.17) is 9.84 Å². The van der Waals surface area contributed by atoms with E-state index in [-0.39, 0.29) is 0 Å². The molecule has 0 spiro atoms. The first-order valence-corrected chi connectivity index (χ1v) is 11.5. The van der Waals surface area contributed by atoms with Crippen LogP contribution in [0.15, 0.2) is 5.10 Å². The van der Waals surface area contributed by atoms with Crippen LogP contribution in [-0.4, -0.2) is 45.6 Å². The van der Waals surface area contributed by atoms with Crippen LogP contribution in [0.4, 0.5) is 0 Å². The summed E-state index contributed by atoms with van der Waals surface area (Å²) in [5, 5.41) is 7.54. The molecule has 0 saturated carbocycles. The number of methoxy groups -OCH3 is 1. The average Bonchev–Trinajstić information content (AvgIpc) is 2.75. The van der Waals surface area contributed by atoms with Gasteiger partial charge in [0.2, 0.25) is 0 Å². The summed E-state index contributed by atoms with van der Waals surface area (Å²) in [6, 6.07) is 0.471. The quantitative estimate of drug-likeness (QED) is 0.528. The molecule has 1 fully saturated rings. The first kappa shape index (κ1) is 18.7. The van der Waals surface area contributed by atoms with Crippen molar-refractivity contribution in [3.63, 3.8) is 0 Å². The largest absolute Gasteiger partial charge is 0.382 e. The van der Waals surface area contributed by atoms with Crippen LogP contribution in [0.25, 0.3) is 0 Å². The SMILES string of the molecule is COC[C@@H]1CCCN1/N=C/[C@H](C(C)C)[Si](C)(C)C(C)(C)C. The molecule has 0 aromatic heterocycles. The highest BCUT2D eigenvalue weighted by Crippen LogP contribution is 2.45. The number of nitrogens with zero attached hydrogens (tertiary/aromatic N) is 2. The minimum absolute atomic E-state index is 0.394. The Morgan fingerprint density at radius 3 is 2.43 bits per heavy atom.